The van der Waals surface area contributed by atoms with Crippen LogP contribution in [-0.2, 0) is 17.6 Å². The lowest BCUT2D eigenvalue weighted by atomic mass is 9.90. The van der Waals surface area contributed by atoms with Gasteiger partial charge in [-0.25, -0.2) is 9.78 Å². The summed E-state index contributed by atoms with van der Waals surface area (Å²) in [5.74, 6) is -0.634. The first kappa shape index (κ1) is 15.9. The third-order valence-electron chi connectivity index (χ3n) is 4.09. The summed E-state index contributed by atoms with van der Waals surface area (Å²) in [5.41, 5.74) is 3.86. The number of carbonyl (C=O) groups excluding carboxylic acids is 2. The van der Waals surface area contributed by atoms with Gasteiger partial charge >= 0.3 is 5.97 Å². The van der Waals surface area contributed by atoms with Gasteiger partial charge in [0.25, 0.3) is 0 Å². The number of benzene rings is 1. The molecule has 23 heavy (non-hydrogen) atoms. The molecular weight excluding hydrogens is 310 g/mol. The molecule has 120 valence electrons. The molecule has 0 atom stereocenters. The smallest absolute Gasteiger partial charge is 0.350 e. The van der Waals surface area contributed by atoms with Crippen molar-refractivity contribution in [1.29, 1.82) is 0 Å². The van der Waals surface area contributed by atoms with Gasteiger partial charge in [-0.15, -0.1) is 11.3 Å². The molecule has 0 amide bonds. The largest absolute Gasteiger partial charge is 0.453 e. The fourth-order valence-corrected chi connectivity index (χ4v) is 3.72. The van der Waals surface area contributed by atoms with Gasteiger partial charge in [0, 0.05) is 5.56 Å². The molecule has 1 aliphatic carbocycles. The Hall–Kier alpha value is -2.01. The van der Waals surface area contributed by atoms with Crippen LogP contribution in [0, 0.1) is 13.8 Å². The lowest BCUT2D eigenvalue weighted by Crippen LogP contribution is -2.15. The molecule has 1 aromatic heterocycles. The molecule has 0 unspecified atom stereocenters. The van der Waals surface area contributed by atoms with E-state index >= 15 is 0 Å². The number of Topliss-reactive ketones (excluding diaryl/α,β-unsaturated/α-hetero) is 1. The first-order valence-corrected chi connectivity index (χ1v) is 8.62. The van der Waals surface area contributed by atoms with Gasteiger partial charge in [-0.05, 0) is 56.7 Å². The number of ether oxygens (including phenoxy) is 1. The summed E-state index contributed by atoms with van der Waals surface area (Å²) in [5, 5.41) is 0.815. The van der Waals surface area contributed by atoms with E-state index in [2.05, 4.69) is 4.98 Å². The lowest BCUT2D eigenvalue weighted by Gasteiger charge is -2.16. The predicted molar refractivity (Wildman–Crippen MR) is 89.3 cm³/mol. The highest BCUT2D eigenvalue weighted by Gasteiger charge is 2.18. The van der Waals surface area contributed by atoms with Crippen molar-refractivity contribution in [2.24, 2.45) is 0 Å². The van der Waals surface area contributed by atoms with Crippen molar-refractivity contribution in [3.05, 3.63) is 50.5 Å². The highest BCUT2D eigenvalue weighted by atomic mass is 32.1. The molecule has 1 aliphatic rings. The standard InChI is InChI=1S/C18H19NO3S/c1-11-17(23-12(2)19-11)18(21)22-10-16(20)15-8-7-13-5-3-4-6-14(13)9-15/h7-9H,3-6,10H2,1-2H3. The molecule has 0 fully saturated rings. The zero-order chi connectivity index (χ0) is 16.4. The number of carbonyl (C=O) groups is 2. The van der Waals surface area contributed by atoms with Gasteiger partial charge in [-0.2, -0.15) is 0 Å². The minimum absolute atomic E-state index is 0.161. The number of hydrogen-bond acceptors (Lipinski definition) is 5. The third kappa shape index (κ3) is 3.50. The van der Waals surface area contributed by atoms with Crippen molar-refractivity contribution in [2.45, 2.75) is 39.5 Å². The van der Waals surface area contributed by atoms with Gasteiger partial charge < -0.3 is 4.74 Å². The van der Waals surface area contributed by atoms with Crippen LogP contribution in [0.5, 0.6) is 0 Å². The van der Waals surface area contributed by atoms with Crippen LogP contribution < -0.4 is 0 Å². The Morgan fingerprint density at radius 3 is 2.61 bits per heavy atom. The topological polar surface area (TPSA) is 56.3 Å². The van der Waals surface area contributed by atoms with Crippen molar-refractivity contribution >= 4 is 23.1 Å². The van der Waals surface area contributed by atoms with E-state index in [-0.39, 0.29) is 12.4 Å². The second-order valence-electron chi connectivity index (χ2n) is 5.84. The third-order valence-corrected chi connectivity index (χ3v) is 5.15. The first-order chi connectivity index (χ1) is 11.0. The minimum atomic E-state index is -0.473. The summed E-state index contributed by atoms with van der Waals surface area (Å²) >= 11 is 1.29. The van der Waals surface area contributed by atoms with E-state index < -0.39 is 5.97 Å². The lowest BCUT2D eigenvalue weighted by molar-refractivity contribution is 0.0478. The summed E-state index contributed by atoms with van der Waals surface area (Å²) in [6, 6.07) is 5.81. The molecule has 5 heteroatoms. The van der Waals surface area contributed by atoms with Gasteiger partial charge in [0.05, 0.1) is 10.7 Å². The van der Waals surface area contributed by atoms with E-state index in [0.717, 1.165) is 17.8 Å². The van der Waals surface area contributed by atoms with Crippen LogP contribution in [0.3, 0.4) is 0 Å². The Balaban J connectivity index is 1.65. The predicted octanol–water partition coefficient (Wildman–Crippen LogP) is 3.68. The van der Waals surface area contributed by atoms with Crippen molar-refractivity contribution in [3.63, 3.8) is 0 Å². The van der Waals surface area contributed by atoms with Gasteiger partial charge in [-0.3, -0.25) is 4.79 Å². The van der Waals surface area contributed by atoms with Gasteiger partial charge in [0.1, 0.15) is 4.88 Å². The highest BCUT2D eigenvalue weighted by Crippen LogP contribution is 2.23. The monoisotopic (exact) mass is 329 g/mol. The molecule has 0 saturated heterocycles. The van der Waals surface area contributed by atoms with Gasteiger partial charge in [-0.1, -0.05) is 12.1 Å². The van der Waals surface area contributed by atoms with E-state index in [4.69, 9.17) is 4.74 Å². The Labute approximate surface area is 139 Å². The summed E-state index contributed by atoms with van der Waals surface area (Å²) in [6.45, 7) is 3.38. The van der Waals surface area contributed by atoms with Gasteiger partial charge in [0.15, 0.2) is 12.4 Å². The normalized spacial score (nSPS) is 13.5. The quantitative estimate of drug-likeness (QED) is 0.634. The van der Waals surface area contributed by atoms with Crippen LogP contribution in [0.25, 0.3) is 0 Å². The molecular formula is C18H19NO3S. The van der Waals surface area contributed by atoms with Crippen LogP contribution in [0.15, 0.2) is 18.2 Å². The molecule has 4 nitrogen and oxygen atoms in total. The zero-order valence-corrected chi connectivity index (χ0v) is 14.2. The summed E-state index contributed by atoms with van der Waals surface area (Å²) < 4.78 is 5.16. The van der Waals surface area contributed by atoms with Crippen LogP contribution in [-0.4, -0.2) is 23.3 Å². The maximum Gasteiger partial charge on any atom is 0.350 e. The molecule has 0 spiro atoms. The van der Waals surface area contributed by atoms with E-state index in [9.17, 15) is 9.59 Å². The van der Waals surface area contributed by atoms with E-state index in [1.807, 2.05) is 25.1 Å². The number of nitrogens with zero attached hydrogens (tertiary/aromatic N) is 1. The second-order valence-corrected chi connectivity index (χ2v) is 7.04. The Bertz CT molecular complexity index is 764. The Morgan fingerprint density at radius 1 is 1.17 bits per heavy atom. The number of thiazole rings is 1. The fourth-order valence-electron chi connectivity index (χ4n) is 2.91. The Kier molecular flexibility index (Phi) is 4.57. The van der Waals surface area contributed by atoms with Crippen molar-refractivity contribution < 1.29 is 14.3 Å². The number of esters is 1. The highest BCUT2D eigenvalue weighted by molar-refractivity contribution is 7.13. The average Bonchev–Trinajstić information content (AvgIpc) is 2.90. The number of rotatable bonds is 4. The van der Waals surface area contributed by atoms with Crippen molar-refractivity contribution in [1.82, 2.24) is 4.98 Å². The maximum absolute atomic E-state index is 12.3. The average molecular weight is 329 g/mol. The SMILES string of the molecule is Cc1nc(C)c(C(=O)OCC(=O)c2ccc3c(c2)CCCC3)s1. The van der Waals surface area contributed by atoms with Crippen molar-refractivity contribution in [3.8, 4) is 0 Å². The molecule has 3 rings (SSSR count). The number of aromatic nitrogens is 1. The van der Waals surface area contributed by atoms with E-state index in [1.165, 1.54) is 35.3 Å². The number of fused-ring (bicyclic) bond motifs is 1. The van der Waals surface area contributed by atoms with Crippen LogP contribution in [0.4, 0.5) is 0 Å². The van der Waals surface area contributed by atoms with Crippen LogP contribution in [0.1, 0.15) is 54.7 Å². The van der Waals surface area contributed by atoms with Crippen LogP contribution >= 0.6 is 11.3 Å². The Morgan fingerprint density at radius 2 is 1.91 bits per heavy atom. The van der Waals surface area contributed by atoms with E-state index in [1.54, 1.807) is 6.92 Å². The zero-order valence-electron chi connectivity index (χ0n) is 13.3. The first-order valence-electron chi connectivity index (χ1n) is 7.81. The molecule has 0 radical (unpaired) electrons. The van der Waals surface area contributed by atoms with E-state index in [0.29, 0.717) is 16.1 Å². The summed E-state index contributed by atoms with van der Waals surface area (Å²) in [4.78, 5) is 29.0. The molecule has 0 aliphatic heterocycles. The molecule has 2 aromatic rings. The molecule has 1 heterocycles. The second kappa shape index (κ2) is 6.62. The summed E-state index contributed by atoms with van der Waals surface area (Å²) in [6.07, 6.45) is 4.49. The molecule has 0 saturated carbocycles. The molecule has 1 aromatic carbocycles. The molecule has 0 N–H and O–H groups in total. The minimum Gasteiger partial charge on any atom is -0.453 e. The number of aryl methyl sites for hydroxylation is 4. The molecule has 0 bridgehead atoms. The van der Waals surface area contributed by atoms with Crippen LogP contribution in [0.2, 0.25) is 0 Å². The number of ketones is 1. The fraction of sp³-hybridized carbons (Fsp3) is 0.389. The summed E-state index contributed by atoms with van der Waals surface area (Å²) in [7, 11) is 0. The number of hydrogen-bond donors (Lipinski definition) is 0. The van der Waals surface area contributed by atoms with Crippen molar-refractivity contribution in [2.75, 3.05) is 6.61 Å². The van der Waals surface area contributed by atoms with Gasteiger partial charge in [0.2, 0.25) is 0 Å². The maximum atomic E-state index is 12.3.